The van der Waals surface area contributed by atoms with Gasteiger partial charge in [0.2, 0.25) is 0 Å². The number of H-pyrrole nitrogens is 1. The van der Waals surface area contributed by atoms with E-state index in [1.54, 1.807) is 24.5 Å². The molecule has 0 radical (unpaired) electrons. The second-order valence-electron chi connectivity index (χ2n) is 4.13. The van der Waals surface area contributed by atoms with Gasteiger partial charge in [-0.05, 0) is 31.2 Å². The topological polar surface area (TPSA) is 58.6 Å². The van der Waals surface area contributed by atoms with Gasteiger partial charge in [0.15, 0.2) is 5.43 Å². The van der Waals surface area contributed by atoms with Crippen molar-refractivity contribution in [3.63, 3.8) is 0 Å². The number of nitrogens with zero attached hydrogens (tertiary/aromatic N) is 2. The summed E-state index contributed by atoms with van der Waals surface area (Å²) in [5, 5.41) is 0.610. The molecule has 0 aliphatic rings. The molecule has 0 saturated carbocycles. The molecule has 0 aliphatic heterocycles. The van der Waals surface area contributed by atoms with Crippen molar-refractivity contribution in [3.8, 4) is 11.3 Å². The van der Waals surface area contributed by atoms with E-state index < -0.39 is 0 Å². The average molecular weight is 237 g/mol. The third-order valence-electron chi connectivity index (χ3n) is 2.82. The van der Waals surface area contributed by atoms with Gasteiger partial charge in [-0.2, -0.15) is 0 Å². The molecule has 0 aliphatic carbocycles. The van der Waals surface area contributed by atoms with Crippen molar-refractivity contribution in [2.45, 2.75) is 6.92 Å². The molecule has 3 heterocycles. The Bertz CT molecular complexity index is 763. The summed E-state index contributed by atoms with van der Waals surface area (Å²) < 4.78 is 0. The first-order valence-corrected chi connectivity index (χ1v) is 5.65. The molecule has 4 nitrogen and oxygen atoms in total. The SMILES string of the molecule is Cc1ccc2c(=O)cc(-c3ccncc3)[nH]c2n1. The van der Waals surface area contributed by atoms with Gasteiger partial charge < -0.3 is 4.98 Å². The van der Waals surface area contributed by atoms with Crippen LogP contribution in [0.3, 0.4) is 0 Å². The van der Waals surface area contributed by atoms with Crippen LogP contribution in [0.1, 0.15) is 5.69 Å². The number of aromatic nitrogens is 3. The van der Waals surface area contributed by atoms with Crippen LogP contribution in [0.2, 0.25) is 0 Å². The van der Waals surface area contributed by atoms with E-state index in [0.717, 1.165) is 17.0 Å². The maximum Gasteiger partial charge on any atom is 0.191 e. The van der Waals surface area contributed by atoms with Crippen LogP contribution in [0.4, 0.5) is 0 Å². The molecule has 0 atom stereocenters. The normalized spacial score (nSPS) is 10.7. The fraction of sp³-hybridized carbons (Fsp3) is 0.0714. The molecule has 3 aromatic rings. The van der Waals surface area contributed by atoms with Crippen LogP contribution >= 0.6 is 0 Å². The van der Waals surface area contributed by atoms with Crippen molar-refractivity contribution in [2.75, 3.05) is 0 Å². The molecule has 3 aromatic heterocycles. The van der Waals surface area contributed by atoms with Gasteiger partial charge in [-0.25, -0.2) is 4.98 Å². The highest BCUT2D eigenvalue weighted by Crippen LogP contribution is 2.16. The van der Waals surface area contributed by atoms with Crippen molar-refractivity contribution in [3.05, 3.63) is 58.6 Å². The number of hydrogen-bond donors (Lipinski definition) is 1. The molecule has 0 bridgehead atoms. The van der Waals surface area contributed by atoms with Gasteiger partial charge >= 0.3 is 0 Å². The van der Waals surface area contributed by atoms with E-state index in [9.17, 15) is 4.79 Å². The fourth-order valence-electron chi connectivity index (χ4n) is 1.91. The van der Waals surface area contributed by atoms with Crippen molar-refractivity contribution < 1.29 is 0 Å². The summed E-state index contributed by atoms with van der Waals surface area (Å²) in [6.45, 7) is 1.90. The number of pyridine rings is 3. The van der Waals surface area contributed by atoms with E-state index in [4.69, 9.17) is 0 Å². The zero-order valence-corrected chi connectivity index (χ0v) is 9.84. The van der Waals surface area contributed by atoms with Gasteiger partial charge in [-0.1, -0.05) is 0 Å². The van der Waals surface area contributed by atoms with Gasteiger partial charge in [0, 0.05) is 29.7 Å². The second kappa shape index (κ2) is 4.07. The number of rotatable bonds is 1. The van der Waals surface area contributed by atoms with Crippen molar-refractivity contribution in [2.24, 2.45) is 0 Å². The Hall–Kier alpha value is -2.49. The molecule has 0 saturated heterocycles. The summed E-state index contributed by atoms with van der Waals surface area (Å²) in [4.78, 5) is 23.5. The number of hydrogen-bond acceptors (Lipinski definition) is 3. The first-order chi connectivity index (χ1) is 8.74. The first-order valence-electron chi connectivity index (χ1n) is 5.65. The highest BCUT2D eigenvalue weighted by molar-refractivity contribution is 5.78. The molecule has 0 amide bonds. The Morgan fingerprint density at radius 2 is 1.89 bits per heavy atom. The van der Waals surface area contributed by atoms with Crippen LogP contribution < -0.4 is 5.43 Å². The highest BCUT2D eigenvalue weighted by Gasteiger charge is 2.05. The Balaban J connectivity index is 2.30. The quantitative estimate of drug-likeness (QED) is 0.706. The zero-order valence-electron chi connectivity index (χ0n) is 9.84. The third kappa shape index (κ3) is 1.78. The van der Waals surface area contributed by atoms with Crippen LogP contribution in [0, 0.1) is 6.92 Å². The van der Waals surface area contributed by atoms with Gasteiger partial charge in [0.05, 0.1) is 11.1 Å². The molecule has 0 unspecified atom stereocenters. The van der Waals surface area contributed by atoms with E-state index in [1.807, 2.05) is 25.1 Å². The standard InChI is InChI=1S/C14H11N3O/c1-9-2-3-11-13(18)8-12(17-14(11)16-9)10-4-6-15-7-5-10/h2-8H,1H3,(H,16,17,18). The Kier molecular flexibility index (Phi) is 2.41. The highest BCUT2D eigenvalue weighted by atomic mass is 16.1. The summed E-state index contributed by atoms with van der Waals surface area (Å²) >= 11 is 0. The van der Waals surface area contributed by atoms with Crippen molar-refractivity contribution >= 4 is 11.0 Å². The molecule has 18 heavy (non-hydrogen) atoms. The van der Waals surface area contributed by atoms with Crippen LogP contribution in [0.25, 0.3) is 22.3 Å². The van der Waals surface area contributed by atoms with Crippen LogP contribution in [-0.4, -0.2) is 15.0 Å². The van der Waals surface area contributed by atoms with Crippen LogP contribution in [0.5, 0.6) is 0 Å². The minimum atomic E-state index is -0.0249. The monoisotopic (exact) mass is 237 g/mol. The lowest BCUT2D eigenvalue weighted by molar-refractivity contribution is 1.20. The Labute approximate surface area is 103 Å². The minimum Gasteiger partial charge on any atom is -0.339 e. The Morgan fingerprint density at radius 3 is 2.67 bits per heavy atom. The molecule has 3 rings (SSSR count). The minimum absolute atomic E-state index is 0.0249. The molecule has 4 heteroatoms. The maximum atomic E-state index is 12.0. The van der Waals surface area contributed by atoms with E-state index >= 15 is 0 Å². The molecule has 0 spiro atoms. The number of aryl methyl sites for hydroxylation is 1. The number of fused-ring (bicyclic) bond motifs is 1. The molecule has 0 aromatic carbocycles. The lowest BCUT2D eigenvalue weighted by atomic mass is 10.1. The predicted octanol–water partition coefficient (Wildman–Crippen LogP) is 2.29. The molecule has 0 fully saturated rings. The van der Waals surface area contributed by atoms with Gasteiger partial charge in [0.1, 0.15) is 5.65 Å². The summed E-state index contributed by atoms with van der Waals surface area (Å²) in [5.41, 5.74) is 3.16. The predicted molar refractivity (Wildman–Crippen MR) is 70.3 cm³/mol. The average Bonchev–Trinajstić information content (AvgIpc) is 2.39. The summed E-state index contributed by atoms with van der Waals surface area (Å²) in [6.07, 6.45) is 3.39. The summed E-state index contributed by atoms with van der Waals surface area (Å²) in [6, 6.07) is 8.94. The summed E-state index contributed by atoms with van der Waals surface area (Å²) in [5.74, 6) is 0. The number of nitrogens with one attached hydrogen (secondary N) is 1. The van der Waals surface area contributed by atoms with Crippen LogP contribution in [-0.2, 0) is 0 Å². The Morgan fingerprint density at radius 1 is 1.11 bits per heavy atom. The van der Waals surface area contributed by atoms with Gasteiger partial charge in [-0.3, -0.25) is 9.78 Å². The second-order valence-corrected chi connectivity index (χ2v) is 4.13. The number of aromatic amines is 1. The molecule has 1 N–H and O–H groups in total. The first kappa shape index (κ1) is 10.7. The molecular formula is C14H11N3O. The summed E-state index contributed by atoms with van der Waals surface area (Å²) in [7, 11) is 0. The maximum absolute atomic E-state index is 12.0. The lowest BCUT2D eigenvalue weighted by Gasteiger charge is -2.04. The molecular weight excluding hydrogens is 226 g/mol. The molecule has 88 valence electrons. The third-order valence-corrected chi connectivity index (χ3v) is 2.82. The lowest BCUT2D eigenvalue weighted by Crippen LogP contribution is -2.04. The van der Waals surface area contributed by atoms with E-state index in [-0.39, 0.29) is 5.43 Å². The van der Waals surface area contributed by atoms with E-state index in [1.165, 1.54) is 0 Å². The largest absolute Gasteiger partial charge is 0.339 e. The van der Waals surface area contributed by atoms with E-state index in [0.29, 0.717) is 11.0 Å². The van der Waals surface area contributed by atoms with E-state index in [2.05, 4.69) is 15.0 Å². The fourth-order valence-corrected chi connectivity index (χ4v) is 1.91. The smallest absolute Gasteiger partial charge is 0.191 e. The zero-order chi connectivity index (χ0) is 12.5. The van der Waals surface area contributed by atoms with Crippen molar-refractivity contribution in [1.82, 2.24) is 15.0 Å². The van der Waals surface area contributed by atoms with Crippen molar-refractivity contribution in [1.29, 1.82) is 0 Å². The van der Waals surface area contributed by atoms with Gasteiger partial charge in [-0.15, -0.1) is 0 Å². The van der Waals surface area contributed by atoms with Gasteiger partial charge in [0.25, 0.3) is 0 Å². The van der Waals surface area contributed by atoms with Crippen LogP contribution in [0.15, 0.2) is 47.5 Å².